The predicted molar refractivity (Wildman–Crippen MR) is 137 cm³/mol. The zero-order valence-electron chi connectivity index (χ0n) is 21.7. The van der Waals surface area contributed by atoms with Gasteiger partial charge in [0.15, 0.2) is 11.6 Å². The molecule has 4 unspecified atom stereocenters. The number of ether oxygens (including phenoxy) is 1. The van der Waals surface area contributed by atoms with E-state index in [1.54, 1.807) is 0 Å². The van der Waals surface area contributed by atoms with Crippen molar-refractivity contribution in [2.45, 2.75) is 110 Å². The van der Waals surface area contributed by atoms with Crippen LogP contribution in [0, 0.1) is 52.7 Å². The van der Waals surface area contributed by atoms with Crippen molar-refractivity contribution in [3.05, 3.63) is 29.6 Å². The molecule has 0 radical (unpaired) electrons. The molecule has 1 aromatic carbocycles. The Kier molecular flexibility index (Phi) is 9.64. The van der Waals surface area contributed by atoms with Crippen molar-refractivity contribution in [3.63, 3.8) is 0 Å². The van der Waals surface area contributed by atoms with Crippen molar-refractivity contribution in [1.29, 1.82) is 5.26 Å². The van der Waals surface area contributed by atoms with Crippen LogP contribution < -0.4 is 4.74 Å². The second kappa shape index (κ2) is 12.9. The zero-order chi connectivity index (χ0) is 24.6. The summed E-state index contributed by atoms with van der Waals surface area (Å²) in [7, 11) is 0. The second-order valence-electron chi connectivity index (χ2n) is 11.8. The highest BCUT2D eigenvalue weighted by atomic mass is 19.1. The van der Waals surface area contributed by atoms with Crippen molar-refractivity contribution < 1.29 is 13.9 Å². The summed E-state index contributed by atoms with van der Waals surface area (Å²) in [4.78, 5) is 12.6. The van der Waals surface area contributed by atoms with Crippen molar-refractivity contribution in [2.24, 2.45) is 35.5 Å². The van der Waals surface area contributed by atoms with E-state index in [1.807, 2.05) is 6.07 Å². The molecule has 3 aliphatic carbocycles. The Morgan fingerprint density at radius 1 is 0.914 bits per heavy atom. The normalized spacial score (nSPS) is 30.8. The van der Waals surface area contributed by atoms with Gasteiger partial charge in [0.1, 0.15) is 0 Å². The number of carbonyl (C=O) groups excluding carboxylic acids is 1. The molecule has 0 amide bonds. The van der Waals surface area contributed by atoms with Crippen LogP contribution in [0.5, 0.6) is 5.75 Å². The number of rotatable bonds is 9. The third kappa shape index (κ3) is 7.08. The first kappa shape index (κ1) is 26.2. The van der Waals surface area contributed by atoms with E-state index in [2.05, 4.69) is 6.92 Å². The summed E-state index contributed by atoms with van der Waals surface area (Å²) in [6.07, 6.45) is 21.0. The van der Waals surface area contributed by atoms with Crippen molar-refractivity contribution in [2.75, 3.05) is 0 Å². The van der Waals surface area contributed by atoms with Gasteiger partial charge in [-0.15, -0.1) is 0 Å². The van der Waals surface area contributed by atoms with Gasteiger partial charge in [-0.25, -0.2) is 4.39 Å². The molecule has 0 bridgehead atoms. The Labute approximate surface area is 211 Å². The Balaban J connectivity index is 1.18. The quantitative estimate of drug-likeness (QED) is 0.201. The fourth-order valence-corrected chi connectivity index (χ4v) is 7.42. The van der Waals surface area contributed by atoms with Gasteiger partial charge in [0, 0.05) is 0 Å². The van der Waals surface area contributed by atoms with Gasteiger partial charge in [-0.3, -0.25) is 4.79 Å². The van der Waals surface area contributed by atoms with Gasteiger partial charge in [0.25, 0.3) is 0 Å². The maximum atomic E-state index is 14.1. The smallest absolute Gasteiger partial charge is 0.314 e. The van der Waals surface area contributed by atoms with E-state index in [1.165, 1.54) is 89.2 Å². The summed E-state index contributed by atoms with van der Waals surface area (Å²) in [6, 6.07) is 5.89. The lowest BCUT2D eigenvalue weighted by Crippen LogP contribution is -2.35. The molecule has 0 spiro atoms. The Hall–Kier alpha value is -1.89. The fraction of sp³-hybridized carbons (Fsp3) is 0.742. The predicted octanol–water partition coefficient (Wildman–Crippen LogP) is 8.60. The maximum absolute atomic E-state index is 14.1. The highest BCUT2D eigenvalue weighted by Crippen LogP contribution is 2.49. The molecule has 192 valence electrons. The largest absolute Gasteiger partial charge is 0.423 e. The molecular weight excluding hydrogens is 437 g/mol. The van der Waals surface area contributed by atoms with Crippen molar-refractivity contribution in [1.82, 2.24) is 0 Å². The van der Waals surface area contributed by atoms with Crippen LogP contribution in [0.4, 0.5) is 4.39 Å². The topological polar surface area (TPSA) is 50.1 Å². The van der Waals surface area contributed by atoms with Crippen LogP contribution in [0.3, 0.4) is 0 Å². The number of benzene rings is 1. The number of hydrogen-bond acceptors (Lipinski definition) is 3. The lowest BCUT2D eigenvalue weighted by Gasteiger charge is -2.45. The number of carbonyl (C=O) groups is 1. The van der Waals surface area contributed by atoms with Gasteiger partial charge in [-0.1, -0.05) is 51.9 Å². The first-order valence-electron chi connectivity index (χ1n) is 14.5. The lowest BCUT2D eigenvalue weighted by molar-refractivity contribution is -0.140. The molecule has 0 heterocycles. The van der Waals surface area contributed by atoms with Crippen LogP contribution in [0.2, 0.25) is 0 Å². The number of unbranched alkanes of at least 4 members (excludes halogenated alkanes) is 4. The first-order chi connectivity index (χ1) is 17.1. The molecular formula is C31H44FNO2. The van der Waals surface area contributed by atoms with E-state index in [-0.39, 0.29) is 23.2 Å². The van der Waals surface area contributed by atoms with E-state index in [0.29, 0.717) is 0 Å². The first-order valence-corrected chi connectivity index (χ1v) is 14.5. The Morgan fingerprint density at radius 2 is 1.57 bits per heavy atom. The molecule has 0 aliphatic heterocycles. The van der Waals surface area contributed by atoms with Crippen LogP contribution in [-0.2, 0) is 4.79 Å². The fourth-order valence-electron chi connectivity index (χ4n) is 7.42. The minimum absolute atomic E-state index is 0.0639. The molecule has 0 N–H and O–H groups in total. The highest BCUT2D eigenvalue weighted by molar-refractivity contribution is 5.75. The second-order valence-corrected chi connectivity index (χ2v) is 11.8. The van der Waals surface area contributed by atoms with Gasteiger partial charge in [-0.2, -0.15) is 5.26 Å². The van der Waals surface area contributed by atoms with Gasteiger partial charge in [0.05, 0.1) is 17.6 Å². The average Bonchev–Trinajstić information content (AvgIpc) is 2.89. The zero-order valence-corrected chi connectivity index (χ0v) is 21.7. The van der Waals surface area contributed by atoms with Gasteiger partial charge in [0.2, 0.25) is 0 Å². The SMILES string of the molecule is CCCCCCCC1CCC2CC(C3CCC(C(=O)Oc4ccc(C#N)cc4F)CC3)CCC2C1. The molecule has 35 heavy (non-hydrogen) atoms. The molecule has 0 aromatic heterocycles. The van der Waals surface area contributed by atoms with Crippen molar-refractivity contribution in [3.8, 4) is 11.8 Å². The van der Waals surface area contributed by atoms with Gasteiger partial charge in [-0.05, 0) is 106 Å². The van der Waals surface area contributed by atoms with Crippen LogP contribution in [0.25, 0.3) is 0 Å². The van der Waals surface area contributed by atoms with Gasteiger partial charge >= 0.3 is 5.97 Å². The molecule has 4 atom stereocenters. The number of fused-ring (bicyclic) bond motifs is 1. The van der Waals surface area contributed by atoms with Crippen LogP contribution in [0.15, 0.2) is 18.2 Å². The van der Waals surface area contributed by atoms with E-state index in [9.17, 15) is 9.18 Å². The monoisotopic (exact) mass is 481 g/mol. The molecule has 0 saturated heterocycles. The highest BCUT2D eigenvalue weighted by Gasteiger charge is 2.39. The van der Waals surface area contributed by atoms with E-state index in [0.717, 1.165) is 61.3 Å². The summed E-state index contributed by atoms with van der Waals surface area (Å²) in [6.45, 7) is 2.29. The summed E-state index contributed by atoms with van der Waals surface area (Å²) < 4.78 is 19.5. The molecule has 1 aromatic rings. The van der Waals surface area contributed by atoms with Crippen molar-refractivity contribution >= 4 is 5.97 Å². The van der Waals surface area contributed by atoms with E-state index < -0.39 is 5.82 Å². The Morgan fingerprint density at radius 3 is 2.29 bits per heavy atom. The molecule has 3 saturated carbocycles. The molecule has 3 fully saturated rings. The minimum atomic E-state index is -0.644. The van der Waals surface area contributed by atoms with E-state index in [4.69, 9.17) is 10.00 Å². The number of nitrogens with zero attached hydrogens (tertiary/aromatic N) is 1. The lowest BCUT2D eigenvalue weighted by atomic mass is 9.60. The molecule has 4 heteroatoms. The van der Waals surface area contributed by atoms with E-state index >= 15 is 0 Å². The van der Waals surface area contributed by atoms with Crippen LogP contribution >= 0.6 is 0 Å². The third-order valence-electron chi connectivity index (χ3n) is 9.52. The summed E-state index contributed by atoms with van der Waals surface area (Å²) >= 11 is 0. The number of nitriles is 1. The maximum Gasteiger partial charge on any atom is 0.314 e. The molecule has 4 rings (SSSR count). The molecule has 3 nitrogen and oxygen atoms in total. The average molecular weight is 482 g/mol. The summed E-state index contributed by atoms with van der Waals surface area (Å²) in [5.41, 5.74) is 0.230. The Bertz CT molecular complexity index is 869. The van der Waals surface area contributed by atoms with Gasteiger partial charge < -0.3 is 4.74 Å². The number of esters is 1. The number of halogens is 1. The third-order valence-corrected chi connectivity index (χ3v) is 9.52. The minimum Gasteiger partial charge on any atom is -0.423 e. The van der Waals surface area contributed by atoms with Crippen LogP contribution in [-0.4, -0.2) is 5.97 Å². The number of hydrogen-bond donors (Lipinski definition) is 0. The molecule has 3 aliphatic rings. The standard InChI is InChI=1S/C31H44FNO2/c1-2-3-4-5-6-7-22-8-10-28-20-27(16-15-26(28)18-22)24-11-13-25(14-12-24)31(34)35-30-17-9-23(21-33)19-29(30)32/h9,17,19,22,24-28H,2-8,10-16,18,20H2,1H3. The summed E-state index contributed by atoms with van der Waals surface area (Å²) in [5, 5.41) is 8.88. The van der Waals surface area contributed by atoms with Crippen LogP contribution in [0.1, 0.15) is 115 Å². The summed E-state index contributed by atoms with van der Waals surface area (Å²) in [5.74, 6) is 3.30.